The highest BCUT2D eigenvalue weighted by atomic mass is 35.5. The Morgan fingerprint density at radius 2 is 2.06 bits per heavy atom. The summed E-state index contributed by atoms with van der Waals surface area (Å²) in [5.74, 6) is 0.476. The van der Waals surface area contributed by atoms with E-state index in [-0.39, 0.29) is 17.9 Å². The van der Waals surface area contributed by atoms with Crippen LogP contribution in [0.3, 0.4) is 0 Å². The van der Waals surface area contributed by atoms with Crippen molar-refractivity contribution in [1.82, 2.24) is 4.90 Å². The summed E-state index contributed by atoms with van der Waals surface area (Å²) in [5, 5.41) is 0. The molecule has 1 unspecified atom stereocenters. The van der Waals surface area contributed by atoms with Gasteiger partial charge >= 0.3 is 0 Å². The minimum absolute atomic E-state index is 0.0814. The molecule has 1 saturated heterocycles. The molecule has 0 aliphatic carbocycles. The van der Waals surface area contributed by atoms with Gasteiger partial charge in [0, 0.05) is 31.5 Å². The van der Waals surface area contributed by atoms with Gasteiger partial charge in [-0.25, -0.2) is 0 Å². The molecule has 5 heteroatoms. The molecular weight excluding hydrogens is 254 g/mol. The SMILES string of the molecule is CCOCCOC1CCN(C(=O)C(C)CCl)CC1. The van der Waals surface area contributed by atoms with Gasteiger partial charge in [0.15, 0.2) is 0 Å². The first-order valence-electron chi connectivity index (χ1n) is 6.73. The average Bonchev–Trinajstić information content (AvgIpc) is 2.42. The van der Waals surface area contributed by atoms with Gasteiger partial charge in [-0.15, -0.1) is 11.6 Å². The zero-order chi connectivity index (χ0) is 13.4. The van der Waals surface area contributed by atoms with Crippen molar-refractivity contribution in [2.45, 2.75) is 32.8 Å². The summed E-state index contributed by atoms with van der Waals surface area (Å²) in [6.07, 6.45) is 2.08. The predicted molar refractivity (Wildman–Crippen MR) is 71.9 cm³/mol. The molecule has 1 heterocycles. The van der Waals surface area contributed by atoms with Crippen molar-refractivity contribution in [2.24, 2.45) is 5.92 Å². The van der Waals surface area contributed by atoms with E-state index in [1.165, 1.54) is 0 Å². The maximum atomic E-state index is 11.9. The number of piperidine rings is 1. The highest BCUT2D eigenvalue weighted by Crippen LogP contribution is 2.16. The molecule has 106 valence electrons. The fraction of sp³-hybridized carbons (Fsp3) is 0.923. The Morgan fingerprint density at radius 1 is 1.39 bits per heavy atom. The smallest absolute Gasteiger partial charge is 0.226 e. The van der Waals surface area contributed by atoms with Crippen LogP contribution in [0.4, 0.5) is 0 Å². The van der Waals surface area contributed by atoms with E-state index in [0.29, 0.717) is 19.1 Å². The number of halogens is 1. The van der Waals surface area contributed by atoms with Crippen molar-refractivity contribution in [1.29, 1.82) is 0 Å². The molecule has 0 radical (unpaired) electrons. The van der Waals surface area contributed by atoms with Crippen LogP contribution in [0.2, 0.25) is 0 Å². The lowest BCUT2D eigenvalue weighted by atomic mass is 10.1. The molecule has 0 spiro atoms. The lowest BCUT2D eigenvalue weighted by Gasteiger charge is -2.33. The number of alkyl halides is 1. The number of ether oxygens (including phenoxy) is 2. The number of hydrogen-bond acceptors (Lipinski definition) is 3. The summed E-state index contributed by atoms with van der Waals surface area (Å²) >= 11 is 5.71. The van der Waals surface area contributed by atoms with Gasteiger partial charge in [-0.2, -0.15) is 0 Å². The molecule has 0 saturated carbocycles. The Hall–Kier alpha value is -0.320. The highest BCUT2D eigenvalue weighted by molar-refractivity contribution is 6.19. The maximum Gasteiger partial charge on any atom is 0.226 e. The second-order valence-corrected chi connectivity index (χ2v) is 4.96. The summed E-state index contributed by atoms with van der Waals surface area (Å²) < 4.78 is 10.9. The van der Waals surface area contributed by atoms with E-state index in [9.17, 15) is 4.79 Å². The van der Waals surface area contributed by atoms with Crippen molar-refractivity contribution in [3.8, 4) is 0 Å². The normalized spacial score (nSPS) is 18.9. The Balaban J connectivity index is 2.18. The van der Waals surface area contributed by atoms with Crippen LogP contribution in [0.25, 0.3) is 0 Å². The summed E-state index contributed by atoms with van der Waals surface area (Å²) in [7, 11) is 0. The van der Waals surface area contributed by atoms with Crippen LogP contribution in [-0.2, 0) is 14.3 Å². The zero-order valence-electron chi connectivity index (χ0n) is 11.4. The van der Waals surface area contributed by atoms with E-state index in [0.717, 1.165) is 32.5 Å². The number of carbonyl (C=O) groups excluding carboxylic acids is 1. The van der Waals surface area contributed by atoms with Crippen molar-refractivity contribution in [3.05, 3.63) is 0 Å². The van der Waals surface area contributed by atoms with E-state index < -0.39 is 0 Å². The van der Waals surface area contributed by atoms with Gasteiger partial charge < -0.3 is 14.4 Å². The molecule has 18 heavy (non-hydrogen) atoms. The van der Waals surface area contributed by atoms with Gasteiger partial charge in [0.1, 0.15) is 0 Å². The molecule has 4 nitrogen and oxygen atoms in total. The van der Waals surface area contributed by atoms with Crippen molar-refractivity contribution in [2.75, 3.05) is 38.8 Å². The van der Waals surface area contributed by atoms with Crippen LogP contribution >= 0.6 is 11.6 Å². The Morgan fingerprint density at radius 3 is 2.61 bits per heavy atom. The molecule has 0 bridgehead atoms. The van der Waals surface area contributed by atoms with Crippen LogP contribution in [0.15, 0.2) is 0 Å². The van der Waals surface area contributed by atoms with Crippen molar-refractivity contribution in [3.63, 3.8) is 0 Å². The van der Waals surface area contributed by atoms with Gasteiger partial charge in [-0.3, -0.25) is 4.79 Å². The minimum atomic E-state index is -0.0814. The van der Waals surface area contributed by atoms with E-state index in [1.54, 1.807) is 0 Å². The summed E-state index contributed by atoms with van der Waals surface area (Å²) in [4.78, 5) is 13.8. The van der Waals surface area contributed by atoms with Gasteiger partial charge in [0.25, 0.3) is 0 Å². The number of amides is 1. The summed E-state index contributed by atoms with van der Waals surface area (Å²) in [5.41, 5.74) is 0. The number of carbonyl (C=O) groups is 1. The molecule has 0 N–H and O–H groups in total. The van der Waals surface area contributed by atoms with Crippen LogP contribution in [0.1, 0.15) is 26.7 Å². The van der Waals surface area contributed by atoms with Crippen LogP contribution in [-0.4, -0.2) is 55.7 Å². The standard InChI is InChI=1S/C13H24ClNO3/c1-3-17-8-9-18-12-4-6-15(7-5-12)13(16)11(2)10-14/h11-12H,3-10H2,1-2H3. The number of rotatable bonds is 7. The van der Waals surface area contributed by atoms with E-state index in [4.69, 9.17) is 21.1 Å². The van der Waals surface area contributed by atoms with E-state index in [2.05, 4.69) is 0 Å². The average molecular weight is 278 g/mol. The molecule has 1 aliphatic rings. The number of hydrogen-bond donors (Lipinski definition) is 0. The van der Waals surface area contributed by atoms with Gasteiger partial charge in [0.2, 0.25) is 5.91 Å². The fourth-order valence-corrected chi connectivity index (χ4v) is 2.17. The molecule has 1 fully saturated rings. The molecule has 0 aromatic heterocycles. The van der Waals surface area contributed by atoms with E-state index >= 15 is 0 Å². The first kappa shape index (κ1) is 15.7. The molecular formula is C13H24ClNO3. The first-order valence-corrected chi connectivity index (χ1v) is 7.26. The second kappa shape index (κ2) is 8.73. The van der Waals surface area contributed by atoms with Crippen LogP contribution < -0.4 is 0 Å². The number of likely N-dealkylation sites (tertiary alicyclic amines) is 1. The lowest BCUT2D eigenvalue weighted by Crippen LogP contribution is -2.43. The van der Waals surface area contributed by atoms with E-state index in [1.807, 2.05) is 18.7 Å². The van der Waals surface area contributed by atoms with Crippen LogP contribution in [0.5, 0.6) is 0 Å². The highest BCUT2D eigenvalue weighted by Gasteiger charge is 2.25. The largest absolute Gasteiger partial charge is 0.379 e. The van der Waals surface area contributed by atoms with Crippen LogP contribution in [0, 0.1) is 5.92 Å². The van der Waals surface area contributed by atoms with Crippen molar-refractivity contribution < 1.29 is 14.3 Å². The maximum absolute atomic E-state index is 11.9. The fourth-order valence-electron chi connectivity index (χ4n) is 2.04. The lowest BCUT2D eigenvalue weighted by molar-refractivity contribution is -0.137. The second-order valence-electron chi connectivity index (χ2n) is 4.65. The van der Waals surface area contributed by atoms with Crippen molar-refractivity contribution >= 4 is 17.5 Å². The minimum Gasteiger partial charge on any atom is -0.379 e. The Kier molecular flexibility index (Phi) is 7.63. The molecule has 0 aromatic rings. The Bertz CT molecular complexity index is 242. The molecule has 0 aromatic carbocycles. The summed E-state index contributed by atoms with van der Waals surface area (Å²) in [6.45, 7) is 7.43. The topological polar surface area (TPSA) is 38.8 Å². The third kappa shape index (κ3) is 5.12. The predicted octanol–water partition coefficient (Wildman–Crippen LogP) is 1.91. The summed E-state index contributed by atoms with van der Waals surface area (Å²) in [6, 6.07) is 0. The molecule has 1 rings (SSSR count). The first-order chi connectivity index (χ1) is 8.69. The van der Waals surface area contributed by atoms with Gasteiger partial charge in [-0.05, 0) is 19.8 Å². The Labute approximate surface area is 115 Å². The zero-order valence-corrected chi connectivity index (χ0v) is 12.1. The molecule has 1 amide bonds. The van der Waals surface area contributed by atoms with Gasteiger partial charge in [0.05, 0.1) is 19.3 Å². The third-order valence-electron chi connectivity index (χ3n) is 3.19. The monoisotopic (exact) mass is 277 g/mol. The van der Waals surface area contributed by atoms with Gasteiger partial charge in [-0.1, -0.05) is 6.92 Å². The molecule has 1 atom stereocenters. The molecule has 1 aliphatic heterocycles. The third-order valence-corrected chi connectivity index (χ3v) is 3.65. The quantitative estimate of drug-likeness (QED) is 0.527. The number of nitrogens with zero attached hydrogens (tertiary/aromatic N) is 1.